The van der Waals surface area contributed by atoms with Crippen molar-refractivity contribution in [3.05, 3.63) is 42.3 Å². The van der Waals surface area contributed by atoms with Gasteiger partial charge in [-0.05, 0) is 30.3 Å². The van der Waals surface area contributed by atoms with E-state index in [0.717, 1.165) is 6.42 Å². The zero-order valence-corrected chi connectivity index (χ0v) is 16.8. The molecular weight excluding hydrogens is 380 g/mol. The Hall–Kier alpha value is -2.74. The quantitative estimate of drug-likeness (QED) is 0.710. The molecular formula is C20H22N2O5S. The molecule has 0 atom stereocenters. The largest absolute Gasteiger partial charge is 0.490 e. The van der Waals surface area contributed by atoms with Gasteiger partial charge in [0, 0.05) is 17.9 Å². The molecule has 28 heavy (non-hydrogen) atoms. The Bertz CT molecular complexity index is 1130. The molecule has 148 valence electrons. The highest BCUT2D eigenvalue weighted by molar-refractivity contribution is 7.92. The molecule has 1 aromatic heterocycles. The van der Waals surface area contributed by atoms with Gasteiger partial charge in [-0.2, -0.15) is 0 Å². The van der Waals surface area contributed by atoms with Crippen LogP contribution in [-0.2, 0) is 15.4 Å². The predicted octanol–water partition coefficient (Wildman–Crippen LogP) is 4.09. The first-order valence-corrected chi connectivity index (χ1v) is 10.5. The van der Waals surface area contributed by atoms with E-state index in [1.807, 2.05) is 20.8 Å². The lowest BCUT2D eigenvalue weighted by Gasteiger charge is -2.11. The Labute approximate surface area is 163 Å². The summed E-state index contributed by atoms with van der Waals surface area (Å²) in [6.07, 6.45) is 0.753. The van der Waals surface area contributed by atoms with E-state index < -0.39 is 10.0 Å². The third-order valence-electron chi connectivity index (χ3n) is 4.31. The van der Waals surface area contributed by atoms with Crippen molar-refractivity contribution in [1.82, 2.24) is 4.98 Å². The molecule has 1 N–H and O–H groups in total. The highest BCUT2D eigenvalue weighted by Gasteiger charge is 2.22. The minimum absolute atomic E-state index is 0.104. The zero-order valence-electron chi connectivity index (χ0n) is 16.0. The number of hydrogen-bond acceptors (Lipinski definition) is 6. The standard InChI is InChI=1S/C20H22N2O5S/c1-20(2,3)19-21-15-11-13(5-7-16(15)27-19)22-28(23,24)14-6-8-17-18(12-14)26-10-4-9-25-17/h5-8,11-12,22H,4,9-10H2,1-3H3. The fourth-order valence-corrected chi connectivity index (χ4v) is 3.90. The van der Waals surface area contributed by atoms with Crippen molar-refractivity contribution >= 4 is 26.8 Å². The first-order valence-electron chi connectivity index (χ1n) is 9.06. The van der Waals surface area contributed by atoms with Gasteiger partial charge in [-0.1, -0.05) is 20.8 Å². The number of anilines is 1. The zero-order chi connectivity index (χ0) is 19.9. The van der Waals surface area contributed by atoms with E-state index in [0.29, 0.717) is 47.4 Å². The van der Waals surface area contributed by atoms with Crippen LogP contribution in [0.5, 0.6) is 11.5 Å². The number of nitrogens with zero attached hydrogens (tertiary/aromatic N) is 1. The van der Waals surface area contributed by atoms with Crippen molar-refractivity contribution in [2.75, 3.05) is 17.9 Å². The fraction of sp³-hybridized carbons (Fsp3) is 0.350. The van der Waals surface area contributed by atoms with E-state index in [1.54, 1.807) is 24.3 Å². The van der Waals surface area contributed by atoms with Gasteiger partial charge in [0.25, 0.3) is 10.0 Å². The monoisotopic (exact) mass is 402 g/mol. The van der Waals surface area contributed by atoms with E-state index in [9.17, 15) is 8.42 Å². The third-order valence-corrected chi connectivity index (χ3v) is 5.69. The molecule has 0 unspecified atom stereocenters. The molecule has 1 aliphatic heterocycles. The van der Waals surface area contributed by atoms with Crippen LogP contribution in [-0.4, -0.2) is 26.6 Å². The molecule has 0 amide bonds. The number of hydrogen-bond donors (Lipinski definition) is 1. The summed E-state index contributed by atoms with van der Waals surface area (Å²) in [7, 11) is -3.79. The summed E-state index contributed by atoms with van der Waals surface area (Å²) in [5.74, 6) is 1.59. The van der Waals surface area contributed by atoms with Gasteiger partial charge < -0.3 is 13.9 Å². The number of rotatable bonds is 3. The van der Waals surface area contributed by atoms with Crippen molar-refractivity contribution < 1.29 is 22.3 Å². The Kier molecular flexibility index (Phi) is 4.45. The summed E-state index contributed by atoms with van der Waals surface area (Å²) >= 11 is 0. The van der Waals surface area contributed by atoms with Gasteiger partial charge in [-0.15, -0.1) is 0 Å². The first kappa shape index (κ1) is 18.6. The summed E-state index contributed by atoms with van der Waals surface area (Å²) in [5, 5.41) is 0. The SMILES string of the molecule is CC(C)(C)c1nc2cc(NS(=O)(=O)c3ccc4c(c3)OCCCO4)ccc2o1. The van der Waals surface area contributed by atoms with Crippen LogP contribution in [0.3, 0.4) is 0 Å². The second-order valence-corrected chi connectivity index (χ2v) is 9.40. The molecule has 0 radical (unpaired) electrons. The van der Waals surface area contributed by atoms with Gasteiger partial charge in [-0.25, -0.2) is 13.4 Å². The maximum Gasteiger partial charge on any atom is 0.262 e. The van der Waals surface area contributed by atoms with Crippen molar-refractivity contribution in [3.63, 3.8) is 0 Å². The Balaban J connectivity index is 1.63. The number of fused-ring (bicyclic) bond motifs is 2. The molecule has 1 aliphatic rings. The smallest absolute Gasteiger partial charge is 0.262 e. The molecule has 2 heterocycles. The van der Waals surface area contributed by atoms with E-state index in [4.69, 9.17) is 13.9 Å². The molecule has 7 nitrogen and oxygen atoms in total. The van der Waals surface area contributed by atoms with Gasteiger partial charge in [0.1, 0.15) is 5.52 Å². The summed E-state index contributed by atoms with van der Waals surface area (Å²) in [6.45, 7) is 7.05. The maximum atomic E-state index is 12.8. The van der Waals surface area contributed by atoms with Gasteiger partial charge in [0.15, 0.2) is 17.1 Å². The highest BCUT2D eigenvalue weighted by atomic mass is 32.2. The summed E-state index contributed by atoms with van der Waals surface area (Å²) in [5.41, 5.74) is 1.39. The van der Waals surface area contributed by atoms with Crippen molar-refractivity contribution in [1.29, 1.82) is 0 Å². The predicted molar refractivity (Wildman–Crippen MR) is 106 cm³/mol. The van der Waals surface area contributed by atoms with Gasteiger partial charge >= 0.3 is 0 Å². The number of nitrogens with one attached hydrogen (secondary N) is 1. The molecule has 2 aromatic carbocycles. The van der Waals surface area contributed by atoms with Crippen LogP contribution in [0.2, 0.25) is 0 Å². The topological polar surface area (TPSA) is 90.7 Å². The fourth-order valence-electron chi connectivity index (χ4n) is 2.84. The lowest BCUT2D eigenvalue weighted by atomic mass is 9.97. The molecule has 0 spiro atoms. The van der Waals surface area contributed by atoms with Crippen LogP contribution >= 0.6 is 0 Å². The van der Waals surface area contributed by atoms with E-state index in [-0.39, 0.29) is 10.3 Å². The molecule has 4 rings (SSSR count). The van der Waals surface area contributed by atoms with Crippen LogP contribution in [0.4, 0.5) is 5.69 Å². The average Bonchev–Trinajstić information content (AvgIpc) is 2.91. The molecule has 0 saturated carbocycles. The van der Waals surface area contributed by atoms with E-state index >= 15 is 0 Å². The number of oxazole rings is 1. The first-order chi connectivity index (χ1) is 13.2. The summed E-state index contributed by atoms with van der Waals surface area (Å²) in [6, 6.07) is 9.63. The molecule has 8 heteroatoms. The highest BCUT2D eigenvalue weighted by Crippen LogP contribution is 2.33. The maximum absolute atomic E-state index is 12.8. The second-order valence-electron chi connectivity index (χ2n) is 7.72. The Morgan fingerprint density at radius 2 is 1.75 bits per heavy atom. The molecule has 0 fully saturated rings. The molecule has 0 bridgehead atoms. The van der Waals surface area contributed by atoms with Gasteiger partial charge in [0.2, 0.25) is 5.89 Å². The lowest BCUT2D eigenvalue weighted by Crippen LogP contribution is -2.13. The number of aromatic nitrogens is 1. The summed E-state index contributed by atoms with van der Waals surface area (Å²) in [4.78, 5) is 4.58. The van der Waals surface area contributed by atoms with Crippen LogP contribution < -0.4 is 14.2 Å². The minimum Gasteiger partial charge on any atom is -0.490 e. The van der Waals surface area contributed by atoms with Crippen molar-refractivity contribution in [3.8, 4) is 11.5 Å². The number of ether oxygens (including phenoxy) is 2. The van der Waals surface area contributed by atoms with Crippen molar-refractivity contribution in [2.45, 2.75) is 37.5 Å². The molecule has 0 saturated heterocycles. The van der Waals surface area contributed by atoms with E-state index in [2.05, 4.69) is 9.71 Å². The van der Waals surface area contributed by atoms with E-state index in [1.165, 1.54) is 12.1 Å². The molecule has 3 aromatic rings. The molecule has 0 aliphatic carbocycles. The normalized spacial score (nSPS) is 14.7. The minimum atomic E-state index is -3.79. The Morgan fingerprint density at radius 3 is 2.50 bits per heavy atom. The summed E-state index contributed by atoms with van der Waals surface area (Å²) < 4.78 is 45.1. The van der Waals surface area contributed by atoms with Gasteiger partial charge in [-0.3, -0.25) is 4.72 Å². The lowest BCUT2D eigenvalue weighted by molar-refractivity contribution is 0.297. The Morgan fingerprint density at radius 1 is 1.00 bits per heavy atom. The van der Waals surface area contributed by atoms with Gasteiger partial charge in [0.05, 0.1) is 23.8 Å². The number of sulfonamides is 1. The van der Waals surface area contributed by atoms with Crippen LogP contribution in [0, 0.1) is 0 Å². The number of benzene rings is 2. The van der Waals surface area contributed by atoms with Crippen LogP contribution in [0.25, 0.3) is 11.1 Å². The van der Waals surface area contributed by atoms with Crippen LogP contribution in [0.1, 0.15) is 33.1 Å². The average molecular weight is 402 g/mol. The van der Waals surface area contributed by atoms with Crippen LogP contribution in [0.15, 0.2) is 45.7 Å². The second kappa shape index (κ2) is 6.70. The van der Waals surface area contributed by atoms with Crippen molar-refractivity contribution in [2.24, 2.45) is 0 Å². The third kappa shape index (κ3) is 3.64.